The molecule has 6 nitrogen and oxygen atoms in total. The largest absolute Gasteiger partial charge is 0.461 e. The van der Waals surface area contributed by atoms with E-state index < -0.39 is 0 Å². The number of hydrogen-bond donors (Lipinski definition) is 1. The number of thioether (sulfide) groups is 1. The van der Waals surface area contributed by atoms with Crippen LogP contribution in [0.4, 0.5) is 5.69 Å². The lowest BCUT2D eigenvalue weighted by molar-refractivity contribution is -0.115. The summed E-state index contributed by atoms with van der Waals surface area (Å²) in [7, 11) is 1.86. The second-order valence-corrected chi connectivity index (χ2v) is 7.44. The number of halogens is 1. The zero-order valence-corrected chi connectivity index (χ0v) is 16.2. The van der Waals surface area contributed by atoms with Crippen LogP contribution in [0.2, 0.25) is 0 Å². The number of carbonyl (C=O) groups is 1. The van der Waals surface area contributed by atoms with Crippen molar-refractivity contribution in [1.29, 1.82) is 0 Å². The molecule has 2 heterocycles. The van der Waals surface area contributed by atoms with Crippen LogP contribution in [0.3, 0.4) is 0 Å². The van der Waals surface area contributed by atoms with Crippen molar-refractivity contribution < 1.29 is 9.21 Å². The summed E-state index contributed by atoms with van der Waals surface area (Å²) in [5, 5.41) is 11.7. The number of furan rings is 1. The second-order valence-electron chi connectivity index (χ2n) is 5.35. The molecule has 0 saturated carbocycles. The predicted octanol–water partition coefficient (Wildman–Crippen LogP) is 4.35. The molecule has 8 heteroatoms. The maximum atomic E-state index is 12.6. The number of anilines is 1. The summed E-state index contributed by atoms with van der Waals surface area (Å²) in [5.74, 6) is 1.22. The topological polar surface area (TPSA) is 73.0 Å². The van der Waals surface area contributed by atoms with Crippen LogP contribution >= 0.6 is 27.7 Å². The molecule has 25 heavy (non-hydrogen) atoms. The standard InChI is InChI=1S/C17H17BrN4O2S/c1-3-14(16(23)19-12-8-6-11(18)7-9-12)25-17-21-20-15(22(17)2)13-5-4-10-24-13/h4-10,14H,3H2,1-2H3,(H,19,23)/t14-/m0/s1. The maximum absolute atomic E-state index is 12.6. The number of amides is 1. The fraction of sp³-hybridized carbons (Fsp3) is 0.235. The lowest BCUT2D eigenvalue weighted by Gasteiger charge is -2.14. The summed E-state index contributed by atoms with van der Waals surface area (Å²) in [6.07, 6.45) is 2.27. The molecule has 0 radical (unpaired) electrons. The molecule has 0 fully saturated rings. The Morgan fingerprint density at radius 2 is 2.08 bits per heavy atom. The van der Waals surface area contributed by atoms with Crippen molar-refractivity contribution in [3.63, 3.8) is 0 Å². The first kappa shape index (κ1) is 17.8. The van der Waals surface area contributed by atoms with Crippen LogP contribution in [-0.2, 0) is 11.8 Å². The lowest BCUT2D eigenvalue weighted by Crippen LogP contribution is -2.25. The zero-order chi connectivity index (χ0) is 17.8. The third-order valence-corrected chi connectivity index (χ3v) is 5.53. The van der Waals surface area contributed by atoms with Crippen molar-refractivity contribution in [2.24, 2.45) is 7.05 Å². The van der Waals surface area contributed by atoms with Crippen molar-refractivity contribution in [3.8, 4) is 11.6 Å². The summed E-state index contributed by atoms with van der Waals surface area (Å²) >= 11 is 4.77. The molecule has 1 amide bonds. The Labute approximate surface area is 158 Å². The number of carbonyl (C=O) groups excluding carboxylic acids is 1. The number of benzene rings is 1. The Hall–Kier alpha value is -2.06. The number of hydrogen-bond acceptors (Lipinski definition) is 5. The molecule has 130 valence electrons. The minimum Gasteiger partial charge on any atom is -0.461 e. The van der Waals surface area contributed by atoms with Gasteiger partial charge in [0, 0.05) is 17.2 Å². The van der Waals surface area contributed by atoms with Gasteiger partial charge in [0.05, 0.1) is 11.5 Å². The van der Waals surface area contributed by atoms with Gasteiger partial charge in [-0.15, -0.1) is 10.2 Å². The van der Waals surface area contributed by atoms with Gasteiger partial charge in [-0.3, -0.25) is 4.79 Å². The SMILES string of the molecule is CC[C@H](Sc1nnc(-c2ccco2)n1C)C(=O)Nc1ccc(Br)cc1. The monoisotopic (exact) mass is 420 g/mol. The molecule has 0 aliphatic rings. The Morgan fingerprint density at radius 1 is 1.32 bits per heavy atom. The highest BCUT2D eigenvalue weighted by Gasteiger charge is 2.22. The van der Waals surface area contributed by atoms with E-state index in [9.17, 15) is 4.79 Å². The summed E-state index contributed by atoms with van der Waals surface area (Å²) in [4.78, 5) is 12.6. The molecule has 1 N–H and O–H groups in total. The van der Waals surface area contributed by atoms with Gasteiger partial charge in [0.25, 0.3) is 0 Å². The van der Waals surface area contributed by atoms with Crippen LogP contribution in [-0.4, -0.2) is 25.9 Å². The Morgan fingerprint density at radius 3 is 2.72 bits per heavy atom. The minimum absolute atomic E-state index is 0.0580. The molecule has 3 rings (SSSR count). The van der Waals surface area contributed by atoms with Crippen molar-refractivity contribution >= 4 is 39.3 Å². The van der Waals surface area contributed by atoms with Crippen molar-refractivity contribution in [2.75, 3.05) is 5.32 Å². The van der Waals surface area contributed by atoms with Gasteiger partial charge in [-0.05, 0) is 42.8 Å². The van der Waals surface area contributed by atoms with E-state index in [1.807, 2.05) is 48.9 Å². The Balaban J connectivity index is 1.71. The van der Waals surface area contributed by atoms with Gasteiger partial charge in [0.1, 0.15) is 0 Å². The summed E-state index contributed by atoms with van der Waals surface area (Å²) in [6.45, 7) is 1.97. The average molecular weight is 421 g/mol. The van der Waals surface area contributed by atoms with Crippen LogP contribution in [0, 0.1) is 0 Å². The van der Waals surface area contributed by atoms with Gasteiger partial charge in [0.15, 0.2) is 16.7 Å². The van der Waals surface area contributed by atoms with E-state index in [-0.39, 0.29) is 11.2 Å². The maximum Gasteiger partial charge on any atom is 0.237 e. The molecule has 0 spiro atoms. The highest BCUT2D eigenvalue weighted by molar-refractivity contribution is 9.10. The van der Waals surface area contributed by atoms with E-state index in [1.165, 1.54) is 11.8 Å². The van der Waals surface area contributed by atoms with Crippen LogP contribution in [0.25, 0.3) is 11.6 Å². The summed E-state index contributed by atoms with van der Waals surface area (Å²) < 4.78 is 8.17. The smallest absolute Gasteiger partial charge is 0.237 e. The number of aromatic nitrogens is 3. The van der Waals surface area contributed by atoms with Gasteiger partial charge in [-0.2, -0.15) is 0 Å². The first-order valence-electron chi connectivity index (χ1n) is 7.75. The first-order valence-corrected chi connectivity index (χ1v) is 9.42. The van der Waals surface area contributed by atoms with E-state index in [2.05, 4.69) is 31.4 Å². The third-order valence-electron chi connectivity index (χ3n) is 3.60. The summed E-state index contributed by atoms with van der Waals surface area (Å²) in [6, 6.07) is 11.1. The molecule has 3 aromatic rings. The van der Waals surface area contributed by atoms with Gasteiger partial charge < -0.3 is 14.3 Å². The van der Waals surface area contributed by atoms with E-state index in [0.717, 1.165) is 10.2 Å². The molecule has 1 atom stereocenters. The highest BCUT2D eigenvalue weighted by atomic mass is 79.9. The van der Waals surface area contributed by atoms with Gasteiger partial charge >= 0.3 is 0 Å². The molecular weight excluding hydrogens is 404 g/mol. The zero-order valence-electron chi connectivity index (χ0n) is 13.8. The molecule has 0 aliphatic heterocycles. The second kappa shape index (κ2) is 7.88. The van der Waals surface area contributed by atoms with Crippen molar-refractivity contribution in [1.82, 2.24) is 14.8 Å². The van der Waals surface area contributed by atoms with Crippen LogP contribution < -0.4 is 5.32 Å². The van der Waals surface area contributed by atoms with Crippen LogP contribution in [0.1, 0.15) is 13.3 Å². The van der Waals surface area contributed by atoms with E-state index >= 15 is 0 Å². The highest BCUT2D eigenvalue weighted by Crippen LogP contribution is 2.28. The van der Waals surface area contributed by atoms with Gasteiger partial charge in [0.2, 0.25) is 5.91 Å². The number of nitrogens with zero attached hydrogens (tertiary/aromatic N) is 3. The quantitative estimate of drug-likeness (QED) is 0.600. The lowest BCUT2D eigenvalue weighted by atomic mass is 10.3. The van der Waals surface area contributed by atoms with Crippen molar-refractivity contribution in [3.05, 3.63) is 47.1 Å². The average Bonchev–Trinajstić information content (AvgIpc) is 3.24. The Kier molecular flexibility index (Phi) is 5.60. The van der Waals surface area contributed by atoms with Crippen LogP contribution in [0.15, 0.2) is 56.7 Å². The molecule has 1 aromatic carbocycles. The molecule has 0 bridgehead atoms. The number of rotatable bonds is 6. The molecule has 0 aliphatic carbocycles. The number of nitrogens with one attached hydrogen (secondary N) is 1. The molecule has 2 aromatic heterocycles. The molecule has 0 saturated heterocycles. The fourth-order valence-electron chi connectivity index (χ4n) is 2.24. The first-order chi connectivity index (χ1) is 12.1. The molecule has 0 unspecified atom stereocenters. The molecular formula is C17H17BrN4O2S. The fourth-order valence-corrected chi connectivity index (χ4v) is 3.43. The van der Waals surface area contributed by atoms with Crippen LogP contribution in [0.5, 0.6) is 0 Å². The Bertz CT molecular complexity index is 846. The predicted molar refractivity (Wildman–Crippen MR) is 101 cm³/mol. The summed E-state index contributed by atoms with van der Waals surface area (Å²) in [5.41, 5.74) is 0.765. The van der Waals surface area contributed by atoms with E-state index in [4.69, 9.17) is 4.42 Å². The van der Waals surface area contributed by atoms with E-state index in [0.29, 0.717) is 23.2 Å². The van der Waals surface area contributed by atoms with E-state index in [1.54, 1.807) is 12.3 Å². The van der Waals surface area contributed by atoms with Gasteiger partial charge in [-0.25, -0.2) is 0 Å². The van der Waals surface area contributed by atoms with Gasteiger partial charge in [-0.1, -0.05) is 34.6 Å². The normalized spacial score (nSPS) is 12.1. The van der Waals surface area contributed by atoms with Crippen molar-refractivity contribution in [2.45, 2.75) is 23.8 Å². The minimum atomic E-state index is -0.268. The third kappa shape index (κ3) is 4.13.